The van der Waals surface area contributed by atoms with E-state index >= 15 is 0 Å². The standard InChI is InChI=1S/C15H30O4Si.C15H30O3Si.C14H28O4Si.C13H22NO4P.C9H16O3/c1-10-12-13(19-20(7,8)14(3,4)5)15(18-10,9-17-12)11(2)16-6;1-10(2)15-9-16-12(11(3)17-15)13(15)18-19(7,8)14(4,5)6;1-9-11-12(18-19(6,7)13(3,4)5)14(17-9,8-16-11)10(2)15;1-9(2)13-8-15-11(10(3)17-13)12(13)18-19(5)16-7-6-14-4;1-5(2)9-4-11-7(8(9)10)6(3)12-9/h10-13H,9H2,1-8H3;10-13H,9H2,1-8H3;9-12,15H,8H2,1-7H3;9-12H,6-8H2,1-3,5H3;5-8,10H,4H2,1-3H3/t10-,11-,12-,13-,15+;11-,12-,13-,15+;9-,10-,11-,12-,14+;10-,11-,12-,13+,19?;6-,7-,8-,9+/m00000/s1. The average Bonchev–Trinajstić information content (AvgIpc) is 1.65. The van der Waals surface area contributed by atoms with E-state index in [-0.39, 0.29) is 118 Å². The highest BCUT2D eigenvalue weighted by Crippen LogP contribution is 2.54. The van der Waals surface area contributed by atoms with Crippen molar-refractivity contribution in [3.8, 4) is 0 Å². The maximum Gasteiger partial charge on any atom is 0.238 e. The summed E-state index contributed by atoms with van der Waals surface area (Å²) in [6.45, 7) is 73.0. The quantitative estimate of drug-likeness (QED) is 0.0604. The van der Waals surface area contributed by atoms with E-state index in [1.54, 1.807) is 14.0 Å². The van der Waals surface area contributed by atoms with Crippen LogP contribution in [-0.2, 0) is 74.4 Å². The Labute approximate surface area is 543 Å². The second-order valence-corrected chi connectivity index (χ2v) is 48.4. The fraction of sp³-hybridized carbons (Fsp3) is 0.985. The Morgan fingerprint density at radius 2 is 0.787 bits per heavy atom. The maximum absolute atomic E-state index is 10.1. The summed E-state index contributed by atoms with van der Waals surface area (Å²) in [6.07, 6.45) is -0.918. The van der Waals surface area contributed by atoms with Crippen LogP contribution in [0.1, 0.15) is 152 Å². The Hall–Kier alpha value is -0.149. The van der Waals surface area contributed by atoms with E-state index in [1.807, 2.05) is 34.4 Å². The molecule has 10 bridgehead atoms. The minimum Gasteiger partial charge on any atom is -0.408 e. The van der Waals surface area contributed by atoms with Gasteiger partial charge in [-0.2, -0.15) is 0 Å². The molecule has 19 nitrogen and oxygen atoms in total. The van der Waals surface area contributed by atoms with Gasteiger partial charge < -0.3 is 89.5 Å². The van der Waals surface area contributed by atoms with Crippen LogP contribution >= 0.6 is 8.38 Å². The summed E-state index contributed by atoms with van der Waals surface area (Å²) in [4.78, 5) is 3.27. The molecule has 10 heterocycles. The molecule has 10 aliphatic heterocycles. The third-order valence-electron chi connectivity index (χ3n) is 22.9. The molecule has 10 rings (SSSR count). The van der Waals surface area contributed by atoms with Gasteiger partial charge in [-0.1, -0.05) is 104 Å². The lowest BCUT2D eigenvalue weighted by molar-refractivity contribution is -0.184. The van der Waals surface area contributed by atoms with E-state index in [4.69, 9.17) is 81.0 Å². The maximum atomic E-state index is 10.1. The van der Waals surface area contributed by atoms with Crippen LogP contribution in [0, 0.1) is 24.3 Å². The Morgan fingerprint density at radius 3 is 1.10 bits per heavy atom. The zero-order valence-electron chi connectivity index (χ0n) is 60.8. The Bertz CT molecular complexity index is 2280. The lowest BCUT2D eigenvalue weighted by Gasteiger charge is -2.42. The van der Waals surface area contributed by atoms with Gasteiger partial charge in [0.15, 0.2) is 33.3 Å². The molecule has 89 heavy (non-hydrogen) atoms. The molecule has 0 amide bonds. The highest BCUT2D eigenvalue weighted by Gasteiger charge is 2.68. The van der Waals surface area contributed by atoms with E-state index < -0.39 is 62.3 Å². The molecule has 520 valence electrons. The van der Waals surface area contributed by atoms with E-state index in [1.165, 1.54) is 0 Å². The van der Waals surface area contributed by atoms with Crippen molar-refractivity contribution in [1.29, 1.82) is 0 Å². The molecule has 0 spiro atoms. The molecule has 10 saturated heterocycles. The number of aliphatic hydroxyl groups is 2. The van der Waals surface area contributed by atoms with E-state index in [0.29, 0.717) is 63.9 Å². The zero-order valence-corrected chi connectivity index (χ0v) is 64.7. The van der Waals surface area contributed by atoms with Crippen LogP contribution in [0.25, 0.3) is 4.85 Å². The predicted octanol–water partition coefficient (Wildman–Crippen LogP) is 11.9. The second-order valence-electron chi connectivity index (χ2n) is 32.8. The number of rotatable bonds is 17. The Morgan fingerprint density at radius 1 is 0.494 bits per heavy atom. The third-order valence-corrected chi connectivity index (χ3v) is 37.3. The number of hydrogen-bond donors (Lipinski definition) is 2. The van der Waals surface area contributed by atoms with Gasteiger partial charge in [0.05, 0.1) is 75.8 Å². The first-order chi connectivity index (χ1) is 40.7. The number of methoxy groups -OCH3 is 1. The molecule has 0 radical (unpaired) electrons. The summed E-state index contributed by atoms with van der Waals surface area (Å²) in [6, 6.07) is 0. The van der Waals surface area contributed by atoms with Gasteiger partial charge in [0, 0.05) is 13.8 Å². The van der Waals surface area contributed by atoms with Gasteiger partial charge in [0.2, 0.25) is 6.54 Å². The first kappa shape index (κ1) is 77.9. The second kappa shape index (κ2) is 28.4. The van der Waals surface area contributed by atoms with E-state index in [9.17, 15) is 10.2 Å². The largest absolute Gasteiger partial charge is 0.408 e. The molecule has 0 aliphatic carbocycles. The average molecular weight is 1340 g/mol. The van der Waals surface area contributed by atoms with Gasteiger partial charge >= 0.3 is 0 Å². The van der Waals surface area contributed by atoms with Crippen molar-refractivity contribution in [2.45, 2.75) is 338 Å². The van der Waals surface area contributed by atoms with Crippen LogP contribution < -0.4 is 0 Å². The number of nitrogens with zero attached hydrogens (tertiary/aromatic N) is 1. The van der Waals surface area contributed by atoms with Gasteiger partial charge in [0.1, 0.15) is 95.7 Å². The zero-order chi connectivity index (χ0) is 67.6. The van der Waals surface area contributed by atoms with Crippen molar-refractivity contribution < 1.29 is 84.6 Å². The summed E-state index contributed by atoms with van der Waals surface area (Å²) in [5.74, 6) is 1.05. The molecule has 0 aromatic heterocycles. The molecular formula is C66H126NO18PSi3. The summed E-state index contributed by atoms with van der Waals surface area (Å²) in [5, 5.41) is 20.5. The van der Waals surface area contributed by atoms with Gasteiger partial charge in [0.25, 0.3) is 0 Å². The minimum absolute atomic E-state index is 0.00295. The Kier molecular flexibility index (Phi) is 24.8. The highest BCUT2D eigenvalue weighted by molar-refractivity contribution is 7.46. The molecule has 23 atom stereocenters. The molecule has 10 fully saturated rings. The molecular weight excluding hydrogens is 1210 g/mol. The van der Waals surface area contributed by atoms with Crippen LogP contribution in [0.2, 0.25) is 54.4 Å². The van der Waals surface area contributed by atoms with Crippen LogP contribution in [0.5, 0.6) is 0 Å². The van der Waals surface area contributed by atoms with Crippen molar-refractivity contribution >= 4 is 33.3 Å². The van der Waals surface area contributed by atoms with Crippen LogP contribution in [0.3, 0.4) is 0 Å². The number of ether oxygens (including phenoxy) is 11. The number of fused-ring (bicyclic) bond motifs is 10. The summed E-state index contributed by atoms with van der Waals surface area (Å²) >= 11 is 0. The molecule has 1 unspecified atom stereocenters. The first-order valence-electron chi connectivity index (χ1n) is 33.4. The van der Waals surface area contributed by atoms with Crippen molar-refractivity contribution in [2.75, 3.05) is 60.0 Å². The van der Waals surface area contributed by atoms with Crippen LogP contribution in [0.15, 0.2) is 0 Å². The lowest BCUT2D eigenvalue weighted by atomic mass is 9.87. The minimum atomic E-state index is -1.91. The molecule has 0 saturated carbocycles. The summed E-state index contributed by atoms with van der Waals surface area (Å²) < 4.78 is 96.4. The summed E-state index contributed by atoms with van der Waals surface area (Å²) in [7, 11) is -4.84. The van der Waals surface area contributed by atoms with E-state index in [0.717, 1.165) is 0 Å². The molecule has 23 heteroatoms. The van der Waals surface area contributed by atoms with Crippen molar-refractivity contribution in [1.82, 2.24) is 0 Å². The van der Waals surface area contributed by atoms with Crippen molar-refractivity contribution in [3.05, 3.63) is 11.4 Å². The first-order valence-corrected chi connectivity index (χ1v) is 43.8. The number of aliphatic hydroxyl groups excluding tert-OH is 2. The van der Waals surface area contributed by atoms with Gasteiger partial charge in [-0.25, -0.2) is 6.57 Å². The fourth-order valence-electron chi connectivity index (χ4n) is 13.4. The van der Waals surface area contributed by atoms with Crippen molar-refractivity contribution in [3.63, 3.8) is 0 Å². The fourth-order valence-corrected chi connectivity index (χ4v) is 18.4. The monoisotopic (exact) mass is 1340 g/mol. The van der Waals surface area contributed by atoms with Gasteiger partial charge in [-0.15, -0.1) is 0 Å². The highest BCUT2D eigenvalue weighted by atomic mass is 31.2. The predicted molar refractivity (Wildman–Crippen MR) is 355 cm³/mol. The van der Waals surface area contributed by atoms with Crippen LogP contribution in [-0.4, -0.2) is 227 Å². The van der Waals surface area contributed by atoms with Crippen molar-refractivity contribution in [2.24, 2.45) is 17.8 Å². The van der Waals surface area contributed by atoms with Crippen LogP contribution in [0.4, 0.5) is 0 Å². The van der Waals surface area contributed by atoms with E-state index in [2.05, 4.69) is 162 Å². The molecule has 0 aromatic rings. The normalized spacial score (nSPS) is 41.2. The smallest absolute Gasteiger partial charge is 0.238 e. The van der Waals surface area contributed by atoms with Gasteiger partial charge in [-0.05, 0) is 121 Å². The topological polar surface area (TPSA) is 192 Å². The third kappa shape index (κ3) is 15.0. The Balaban J connectivity index is 0.000000179. The molecule has 0 aromatic carbocycles. The lowest BCUT2D eigenvalue weighted by Crippen LogP contribution is -2.56. The summed E-state index contributed by atoms with van der Waals surface area (Å²) in [5.41, 5.74) is -2.14. The molecule has 2 N–H and O–H groups in total. The SMILES string of the molecule is CC(C)[C@@]12CO[C@@H]([C@H](C)O1)[C@@H]2O.CC(C)[C@@]12CO[C@@H]([C@H](C)O1)[C@@H]2O[Si](C)(C)C(C)(C)C.CO[C@@H](C)[C@@]12CO[C@@H]([C@H](C)O1)[C@@H]2O[Si](C)(C)C(C)(C)C.C[C@@H]1O[C@@]2([C@H](C)O)CO[C@@H]1[C@@H]2O[Si](C)(C)C(C)(C)C.[C-]#[N+]CCOP(C)O[C@H]1[C@H]2OC[C@]1(C(C)C)O[C@H]2C. The van der Waals surface area contributed by atoms with Gasteiger partial charge in [-0.3, -0.25) is 0 Å². The molecule has 10 aliphatic rings. The number of hydrogen-bond acceptors (Lipinski definition) is 18.